The molecule has 2 N–H and O–H groups in total. The van der Waals surface area contributed by atoms with Crippen LogP contribution in [0.5, 0.6) is 5.75 Å². The standard InChI is InChI=1S/C6H7NO4S/c7-5-1-3-6(4-2-5)11-12(8,9)10/h1-4H,7H2,(H,8,9,10)/p-1. The molecule has 12 heavy (non-hydrogen) atoms. The molecule has 0 aliphatic carbocycles. The van der Waals surface area contributed by atoms with Gasteiger partial charge in [0.25, 0.3) is 10.4 Å². The Hall–Kier alpha value is -1.27. The van der Waals surface area contributed by atoms with Crippen LogP contribution in [0, 0.1) is 0 Å². The van der Waals surface area contributed by atoms with Gasteiger partial charge in [-0.25, -0.2) is 8.42 Å². The number of hydrogen-bond acceptors (Lipinski definition) is 5. The summed E-state index contributed by atoms with van der Waals surface area (Å²) in [5.74, 6) is -0.0424. The van der Waals surface area contributed by atoms with Crippen molar-refractivity contribution in [2.45, 2.75) is 0 Å². The largest absolute Gasteiger partial charge is 0.716 e. The average Bonchev–Trinajstić information content (AvgIpc) is 1.91. The van der Waals surface area contributed by atoms with Gasteiger partial charge in [-0.3, -0.25) is 0 Å². The normalized spacial score (nSPS) is 11.1. The Morgan fingerprint density at radius 2 is 1.75 bits per heavy atom. The molecule has 66 valence electrons. The number of nitrogens with two attached hydrogens (primary N) is 1. The Balaban J connectivity index is 2.85. The molecule has 0 saturated heterocycles. The molecule has 0 aliphatic heterocycles. The summed E-state index contributed by atoms with van der Waals surface area (Å²) >= 11 is 0. The molecule has 1 rings (SSSR count). The van der Waals surface area contributed by atoms with Crippen molar-refractivity contribution < 1.29 is 17.2 Å². The average molecular weight is 188 g/mol. The molecule has 0 atom stereocenters. The van der Waals surface area contributed by atoms with Gasteiger partial charge in [0.1, 0.15) is 5.75 Å². The second-order valence-electron chi connectivity index (χ2n) is 2.06. The maximum atomic E-state index is 10.1. The first-order valence-corrected chi connectivity index (χ1v) is 4.31. The minimum absolute atomic E-state index is 0.0424. The zero-order valence-corrected chi connectivity index (χ0v) is 6.74. The first-order valence-electron chi connectivity index (χ1n) is 2.98. The summed E-state index contributed by atoms with van der Waals surface area (Å²) in [6, 6.07) is 5.45. The van der Waals surface area contributed by atoms with Crippen molar-refractivity contribution in [2.24, 2.45) is 0 Å². The van der Waals surface area contributed by atoms with Crippen LogP contribution >= 0.6 is 0 Å². The highest BCUT2D eigenvalue weighted by atomic mass is 32.3. The SMILES string of the molecule is Nc1ccc(OS(=O)(=O)[O-])cc1. The van der Waals surface area contributed by atoms with Crippen LogP contribution in [-0.2, 0) is 10.4 Å². The van der Waals surface area contributed by atoms with Crippen molar-refractivity contribution in [1.82, 2.24) is 0 Å². The molecule has 0 aromatic heterocycles. The van der Waals surface area contributed by atoms with Gasteiger partial charge in [-0.1, -0.05) is 0 Å². The third-order valence-electron chi connectivity index (χ3n) is 1.08. The van der Waals surface area contributed by atoms with E-state index < -0.39 is 10.4 Å². The van der Waals surface area contributed by atoms with E-state index in [9.17, 15) is 13.0 Å². The van der Waals surface area contributed by atoms with Crippen LogP contribution in [0.1, 0.15) is 0 Å². The van der Waals surface area contributed by atoms with E-state index in [0.29, 0.717) is 5.69 Å². The second-order valence-corrected chi connectivity index (χ2v) is 3.04. The Kier molecular flexibility index (Phi) is 2.20. The van der Waals surface area contributed by atoms with Gasteiger partial charge in [0.2, 0.25) is 0 Å². The molecule has 0 bridgehead atoms. The highest BCUT2D eigenvalue weighted by molar-refractivity contribution is 7.81. The molecule has 0 fully saturated rings. The molecule has 0 spiro atoms. The van der Waals surface area contributed by atoms with E-state index >= 15 is 0 Å². The van der Waals surface area contributed by atoms with Gasteiger partial charge in [-0.05, 0) is 24.3 Å². The molecule has 1 aromatic carbocycles. The zero-order valence-electron chi connectivity index (χ0n) is 5.93. The Bertz CT molecular complexity index is 356. The van der Waals surface area contributed by atoms with Crippen LogP contribution in [0.15, 0.2) is 24.3 Å². The zero-order chi connectivity index (χ0) is 9.19. The highest BCUT2D eigenvalue weighted by Crippen LogP contribution is 2.14. The Labute approximate surface area is 69.7 Å². The van der Waals surface area contributed by atoms with Crippen molar-refractivity contribution in [1.29, 1.82) is 0 Å². The Morgan fingerprint density at radius 1 is 1.25 bits per heavy atom. The van der Waals surface area contributed by atoms with Crippen LogP contribution in [0.4, 0.5) is 5.69 Å². The minimum Gasteiger partial charge on any atom is -0.716 e. The fourth-order valence-electron chi connectivity index (χ4n) is 0.641. The van der Waals surface area contributed by atoms with Gasteiger partial charge in [0, 0.05) is 5.69 Å². The summed E-state index contributed by atoms with van der Waals surface area (Å²) in [6.45, 7) is 0. The molecule has 0 aliphatic rings. The topological polar surface area (TPSA) is 92.5 Å². The minimum atomic E-state index is -4.68. The lowest BCUT2D eigenvalue weighted by Gasteiger charge is -2.08. The molecule has 0 unspecified atom stereocenters. The van der Waals surface area contributed by atoms with Gasteiger partial charge in [0.15, 0.2) is 0 Å². The van der Waals surface area contributed by atoms with Crippen LogP contribution in [0.3, 0.4) is 0 Å². The van der Waals surface area contributed by atoms with Gasteiger partial charge in [-0.15, -0.1) is 0 Å². The van der Waals surface area contributed by atoms with Crippen LogP contribution < -0.4 is 9.92 Å². The first kappa shape index (κ1) is 8.82. The summed E-state index contributed by atoms with van der Waals surface area (Å²) in [5, 5.41) is 0. The van der Waals surface area contributed by atoms with E-state index in [1.54, 1.807) is 0 Å². The maximum Gasteiger partial charge on any atom is 0.262 e. The van der Waals surface area contributed by atoms with Crippen molar-refractivity contribution in [3.05, 3.63) is 24.3 Å². The number of rotatable bonds is 2. The highest BCUT2D eigenvalue weighted by Gasteiger charge is 1.96. The van der Waals surface area contributed by atoms with Gasteiger partial charge in [0.05, 0.1) is 0 Å². The van der Waals surface area contributed by atoms with Crippen LogP contribution in [0.25, 0.3) is 0 Å². The van der Waals surface area contributed by atoms with E-state index in [-0.39, 0.29) is 5.75 Å². The molecular formula is C6H6NO4S-. The van der Waals surface area contributed by atoms with Crippen molar-refractivity contribution in [2.75, 3.05) is 5.73 Å². The summed E-state index contributed by atoms with van der Waals surface area (Å²) < 4.78 is 34.2. The van der Waals surface area contributed by atoms with Crippen LogP contribution in [-0.4, -0.2) is 13.0 Å². The Morgan fingerprint density at radius 3 is 2.17 bits per heavy atom. The summed E-state index contributed by atoms with van der Waals surface area (Å²) in [7, 11) is -4.68. The molecule has 0 amide bonds. The van der Waals surface area contributed by atoms with Gasteiger partial charge in [-0.2, -0.15) is 0 Å². The fraction of sp³-hybridized carbons (Fsp3) is 0. The van der Waals surface area contributed by atoms with Crippen molar-refractivity contribution in [3.8, 4) is 5.75 Å². The third-order valence-corrected chi connectivity index (χ3v) is 1.47. The predicted molar refractivity (Wildman–Crippen MR) is 41.2 cm³/mol. The van der Waals surface area contributed by atoms with E-state index in [4.69, 9.17) is 5.73 Å². The van der Waals surface area contributed by atoms with Gasteiger partial charge < -0.3 is 14.5 Å². The predicted octanol–water partition coefficient (Wildman–Crippen LogP) is 0.108. The van der Waals surface area contributed by atoms with E-state index in [1.165, 1.54) is 24.3 Å². The summed E-state index contributed by atoms with van der Waals surface area (Å²) in [4.78, 5) is 0. The molecule has 1 aromatic rings. The maximum absolute atomic E-state index is 10.1. The lowest BCUT2D eigenvalue weighted by Crippen LogP contribution is -2.06. The van der Waals surface area contributed by atoms with Crippen LogP contribution in [0.2, 0.25) is 0 Å². The lowest BCUT2D eigenvalue weighted by atomic mass is 10.3. The molecule has 5 nitrogen and oxygen atoms in total. The number of nitrogen functional groups attached to an aromatic ring is 1. The van der Waals surface area contributed by atoms with E-state index in [2.05, 4.69) is 4.18 Å². The number of anilines is 1. The molecule has 0 heterocycles. The quantitative estimate of drug-likeness (QED) is 0.404. The molecule has 6 heteroatoms. The number of benzene rings is 1. The fourth-order valence-corrected chi connectivity index (χ4v) is 0.988. The summed E-state index contributed by atoms with van der Waals surface area (Å²) in [6.07, 6.45) is 0. The van der Waals surface area contributed by atoms with Crippen molar-refractivity contribution >= 4 is 16.1 Å². The molecule has 0 radical (unpaired) electrons. The van der Waals surface area contributed by atoms with E-state index in [0.717, 1.165) is 0 Å². The summed E-state index contributed by atoms with van der Waals surface area (Å²) in [5.41, 5.74) is 5.77. The lowest BCUT2D eigenvalue weighted by molar-refractivity contribution is 0.372. The number of hydrogen-bond donors (Lipinski definition) is 1. The smallest absolute Gasteiger partial charge is 0.262 e. The monoisotopic (exact) mass is 188 g/mol. The third kappa shape index (κ3) is 2.77. The molecular weight excluding hydrogens is 182 g/mol. The first-order chi connectivity index (χ1) is 5.47. The second kappa shape index (κ2) is 3.00. The van der Waals surface area contributed by atoms with Crippen molar-refractivity contribution in [3.63, 3.8) is 0 Å². The molecule has 0 saturated carbocycles. The van der Waals surface area contributed by atoms with E-state index in [1.807, 2.05) is 0 Å². The van der Waals surface area contributed by atoms with Gasteiger partial charge >= 0.3 is 0 Å².